The van der Waals surface area contributed by atoms with E-state index >= 15 is 0 Å². The molecule has 20 rings (SSSR count). The Kier molecular flexibility index (Phi) is 12.3. The van der Waals surface area contributed by atoms with Crippen LogP contribution in [-0.4, -0.2) is 29.9 Å². The smallest absolute Gasteiger partial charge is 0.164 e. The second-order valence-electron chi connectivity index (χ2n) is 24.0. The molecule has 0 unspecified atom stereocenters. The largest absolute Gasteiger partial charge is 0.455 e. The van der Waals surface area contributed by atoms with Gasteiger partial charge in [0.2, 0.25) is 0 Å². The van der Waals surface area contributed by atoms with Gasteiger partial charge in [0.1, 0.15) is 11.2 Å². The fraction of sp³-hybridized carbons (Fsp3) is 0. The number of furan rings is 1. The molecule has 0 aliphatic heterocycles. The third-order valence-corrected chi connectivity index (χ3v) is 23.1. The molecule has 0 aliphatic carbocycles. The van der Waals surface area contributed by atoms with Crippen LogP contribution in [0.2, 0.25) is 0 Å². The molecule has 0 saturated heterocycles. The van der Waals surface area contributed by atoms with E-state index in [2.05, 4.69) is 249 Å². The van der Waals surface area contributed by atoms with Gasteiger partial charge in [0.25, 0.3) is 0 Å². The number of para-hydroxylation sites is 1. The van der Waals surface area contributed by atoms with Crippen molar-refractivity contribution >= 4 is 148 Å². The van der Waals surface area contributed by atoms with Gasteiger partial charge >= 0.3 is 0 Å². The van der Waals surface area contributed by atoms with Gasteiger partial charge in [-0.3, -0.25) is 0 Å². The van der Waals surface area contributed by atoms with Crippen LogP contribution in [0.5, 0.6) is 0 Å². The molecule has 7 nitrogen and oxygen atoms in total. The summed E-state index contributed by atoms with van der Waals surface area (Å²) in [4.78, 5) is 32.2. The van der Waals surface area contributed by atoms with Crippen molar-refractivity contribution in [1.82, 2.24) is 29.9 Å². The van der Waals surface area contributed by atoms with E-state index in [-0.39, 0.29) is 0 Å². The van der Waals surface area contributed by atoms with Crippen LogP contribution in [-0.2, 0) is 0 Å². The summed E-state index contributed by atoms with van der Waals surface area (Å²) in [5.74, 6) is 3.50. The van der Waals surface area contributed by atoms with E-state index in [4.69, 9.17) is 34.3 Å². The normalized spacial score (nSPS) is 12.0. The van der Waals surface area contributed by atoms with Crippen LogP contribution in [0.1, 0.15) is 0 Å². The van der Waals surface area contributed by atoms with E-state index in [1.54, 1.807) is 11.3 Å². The number of fused-ring (bicyclic) bond motifs is 15. The lowest BCUT2D eigenvalue weighted by Gasteiger charge is -2.12. The van der Waals surface area contributed by atoms with Crippen molar-refractivity contribution < 1.29 is 4.42 Å². The average molecular weight is 1280 g/mol. The van der Waals surface area contributed by atoms with Crippen LogP contribution in [0.4, 0.5) is 0 Å². The highest BCUT2D eigenvalue weighted by Crippen LogP contribution is 2.48. The predicted octanol–water partition coefficient (Wildman–Crippen LogP) is 24.4. The third kappa shape index (κ3) is 8.96. The topological polar surface area (TPSA) is 90.5 Å². The van der Waals surface area contributed by atoms with Crippen LogP contribution in [0, 0.1) is 0 Å². The molecule has 0 fully saturated rings. The summed E-state index contributed by atoms with van der Waals surface area (Å²) in [6, 6.07) is 99.2. The van der Waals surface area contributed by atoms with Crippen LogP contribution < -0.4 is 0 Å². The number of hydrogen-bond donors (Lipinski definition) is 0. The van der Waals surface area contributed by atoms with Crippen molar-refractivity contribution in [3.8, 4) is 102 Å². The van der Waals surface area contributed by atoms with Crippen LogP contribution in [0.25, 0.3) is 204 Å². The Morgan fingerprint density at radius 3 is 1.19 bits per heavy atom. The Labute approximate surface area is 558 Å². The van der Waals surface area contributed by atoms with Crippen molar-refractivity contribution in [1.29, 1.82) is 0 Å². The van der Waals surface area contributed by atoms with Crippen molar-refractivity contribution in [3.63, 3.8) is 0 Å². The summed E-state index contributed by atoms with van der Waals surface area (Å²) >= 11 is 7.28. The maximum atomic E-state index is 6.92. The molecule has 0 atom stereocenters. The van der Waals surface area contributed by atoms with E-state index in [9.17, 15) is 0 Å². The van der Waals surface area contributed by atoms with E-state index < -0.39 is 0 Å². The van der Waals surface area contributed by atoms with Crippen molar-refractivity contribution in [2.75, 3.05) is 0 Å². The Balaban J connectivity index is 0.703. The molecule has 0 saturated carbocycles. The summed E-state index contributed by atoms with van der Waals surface area (Å²) in [6.45, 7) is 0. The van der Waals surface area contributed by atoms with E-state index in [0.29, 0.717) is 34.9 Å². The average Bonchev–Trinajstić information content (AvgIpc) is 1.63. The molecule has 442 valence electrons. The number of thiophene rings is 4. The van der Waals surface area contributed by atoms with Crippen LogP contribution in [0.3, 0.4) is 0 Å². The minimum Gasteiger partial charge on any atom is -0.455 e. The molecule has 7 aromatic heterocycles. The first-order valence-corrected chi connectivity index (χ1v) is 34.7. The number of nitrogens with zero attached hydrogens (tertiary/aromatic N) is 6. The van der Waals surface area contributed by atoms with Gasteiger partial charge < -0.3 is 4.42 Å². The Morgan fingerprint density at radius 1 is 0.211 bits per heavy atom. The maximum absolute atomic E-state index is 6.92. The molecule has 7 heterocycles. The third-order valence-electron chi connectivity index (χ3n) is 18.4. The van der Waals surface area contributed by atoms with Gasteiger partial charge in [-0.25, -0.2) is 29.9 Å². The van der Waals surface area contributed by atoms with Gasteiger partial charge in [0, 0.05) is 130 Å². The van der Waals surface area contributed by atoms with Crippen LogP contribution >= 0.6 is 45.3 Å². The summed E-state index contributed by atoms with van der Waals surface area (Å²) in [5, 5.41) is 11.7. The standard InChI is InChI=1S/C84H46N6OS4/c1-2-15-48(16-3-1)79-85-81(89-84(87-79)63-39-37-56(78-76(63)61-23-8-13-28-71(61)95-78)52-34-41-73-65(45-52)58-20-6-11-26-69(58)93-73)53-18-14-17-50(43-53)47-29-31-49(32-30-47)80-86-82(54-35-42-74-66(46-54)59-21-7-12-27-70(59)94-74)90-83(88-80)62-38-36-55(77-75(62)60-22-4-9-24-67(60)91-77)51-33-40-72-64(44-51)57-19-5-10-25-68(57)92-72/h1-46H. The lowest BCUT2D eigenvalue weighted by Crippen LogP contribution is -2.01. The Morgan fingerprint density at radius 2 is 0.589 bits per heavy atom. The van der Waals surface area contributed by atoms with E-state index in [1.165, 1.54) is 86.4 Å². The molecule has 0 radical (unpaired) electrons. The number of aromatic nitrogens is 6. The highest BCUT2D eigenvalue weighted by molar-refractivity contribution is 7.27. The second-order valence-corrected chi connectivity index (χ2v) is 28.3. The molecule has 11 heteroatoms. The Hall–Kier alpha value is -11.4. The molecule has 95 heavy (non-hydrogen) atoms. The molecule has 20 aromatic rings. The van der Waals surface area contributed by atoms with Gasteiger partial charge in [0.15, 0.2) is 34.9 Å². The van der Waals surface area contributed by atoms with Crippen molar-refractivity contribution in [2.24, 2.45) is 0 Å². The zero-order valence-electron chi connectivity index (χ0n) is 50.3. The molecule has 0 spiro atoms. The predicted molar refractivity (Wildman–Crippen MR) is 401 cm³/mol. The van der Waals surface area contributed by atoms with E-state index in [0.717, 1.165) is 83.0 Å². The number of benzene rings is 13. The number of rotatable bonds is 9. The number of hydrogen-bond acceptors (Lipinski definition) is 11. The zero-order chi connectivity index (χ0) is 62.2. The Bertz CT molecular complexity index is 6560. The fourth-order valence-corrected chi connectivity index (χ4v) is 18.4. The highest BCUT2D eigenvalue weighted by atomic mass is 32.1. The zero-order valence-corrected chi connectivity index (χ0v) is 53.5. The summed E-state index contributed by atoms with van der Waals surface area (Å²) < 4.78 is 16.9. The molecule has 13 aromatic carbocycles. The lowest BCUT2D eigenvalue weighted by atomic mass is 9.97. The summed E-state index contributed by atoms with van der Waals surface area (Å²) in [7, 11) is 0. The van der Waals surface area contributed by atoms with Gasteiger partial charge in [-0.2, -0.15) is 0 Å². The minimum atomic E-state index is 0.555. The van der Waals surface area contributed by atoms with E-state index in [1.807, 2.05) is 64.3 Å². The second kappa shape index (κ2) is 21.6. The van der Waals surface area contributed by atoms with Gasteiger partial charge in [-0.1, -0.05) is 182 Å². The molecular weight excluding hydrogens is 1240 g/mol. The minimum absolute atomic E-state index is 0.555. The molecule has 0 aliphatic rings. The first kappa shape index (κ1) is 54.1. The summed E-state index contributed by atoms with van der Waals surface area (Å²) in [6.07, 6.45) is 0. The molecular formula is C84H46N6OS4. The van der Waals surface area contributed by atoms with Crippen molar-refractivity contribution in [3.05, 3.63) is 279 Å². The fourth-order valence-electron chi connectivity index (χ4n) is 13.9. The van der Waals surface area contributed by atoms with Gasteiger partial charge in [0.05, 0.1) is 0 Å². The van der Waals surface area contributed by atoms with Gasteiger partial charge in [-0.05, 0) is 125 Å². The maximum Gasteiger partial charge on any atom is 0.164 e. The first-order valence-electron chi connectivity index (χ1n) is 31.5. The first-order chi connectivity index (χ1) is 47.0. The highest BCUT2D eigenvalue weighted by Gasteiger charge is 2.24. The lowest BCUT2D eigenvalue weighted by molar-refractivity contribution is 0.670. The SMILES string of the molecule is c1ccc(-c2nc(-c3cccc(-c4ccc(-c5nc(-c6ccc7sc8ccccc8c7c6)nc(-c6ccc(-c7ccc8sc9ccccc9c8c7)c7oc8ccccc8c67)n5)cc4)c3)nc(-c3ccc(-c4ccc5sc6ccccc6c5c4)c4sc5ccccc5c34)n2)cc1. The quantitative estimate of drug-likeness (QED) is 0.142. The molecule has 0 N–H and O–H groups in total. The van der Waals surface area contributed by atoms with Crippen molar-refractivity contribution in [2.45, 2.75) is 0 Å². The van der Waals surface area contributed by atoms with Gasteiger partial charge in [-0.15, -0.1) is 45.3 Å². The molecule has 0 bridgehead atoms. The van der Waals surface area contributed by atoms with Crippen LogP contribution in [0.15, 0.2) is 283 Å². The molecule has 0 amide bonds. The monoisotopic (exact) mass is 1280 g/mol. The summed E-state index contributed by atoms with van der Waals surface area (Å²) in [5.41, 5.74) is 13.4.